The number of carbonyl (C=O) groups is 1. The first-order chi connectivity index (χ1) is 8.60. The van der Waals surface area contributed by atoms with Crippen LogP contribution in [0.5, 0.6) is 0 Å². The standard InChI is InChI=1S/C14H26N2O2/c1-10(2)15-13(14(17)18-3)6-7-16-9-11-4-5-12(16)8-11/h10-13,15H,4-9H2,1-3H3. The Labute approximate surface area is 110 Å². The van der Waals surface area contributed by atoms with Crippen LogP contribution in [-0.2, 0) is 9.53 Å². The molecule has 0 aromatic carbocycles. The summed E-state index contributed by atoms with van der Waals surface area (Å²) in [6, 6.07) is 0.936. The lowest BCUT2D eigenvalue weighted by Crippen LogP contribution is -2.44. The van der Waals surface area contributed by atoms with Crippen LogP contribution in [0.3, 0.4) is 0 Å². The highest BCUT2D eigenvalue weighted by molar-refractivity contribution is 5.75. The van der Waals surface area contributed by atoms with Crippen molar-refractivity contribution in [2.45, 2.75) is 57.7 Å². The van der Waals surface area contributed by atoms with E-state index < -0.39 is 0 Å². The largest absolute Gasteiger partial charge is 0.468 e. The second-order valence-corrected chi connectivity index (χ2v) is 6.01. The van der Waals surface area contributed by atoms with E-state index in [0.29, 0.717) is 6.04 Å². The summed E-state index contributed by atoms with van der Waals surface area (Å²) in [6.07, 6.45) is 4.99. The van der Waals surface area contributed by atoms with Gasteiger partial charge < -0.3 is 15.0 Å². The normalized spacial score (nSPS) is 28.9. The van der Waals surface area contributed by atoms with Crippen LogP contribution in [0, 0.1) is 5.92 Å². The first kappa shape index (κ1) is 13.8. The number of esters is 1. The highest BCUT2D eigenvalue weighted by atomic mass is 16.5. The van der Waals surface area contributed by atoms with Gasteiger partial charge in [0.1, 0.15) is 6.04 Å². The first-order valence-electron chi connectivity index (χ1n) is 7.18. The zero-order valence-corrected chi connectivity index (χ0v) is 11.8. The van der Waals surface area contributed by atoms with E-state index in [-0.39, 0.29) is 12.0 Å². The Hall–Kier alpha value is -0.610. The lowest BCUT2D eigenvalue weighted by atomic mass is 10.1. The van der Waals surface area contributed by atoms with Crippen LogP contribution < -0.4 is 5.32 Å². The van der Waals surface area contributed by atoms with E-state index in [1.165, 1.54) is 32.9 Å². The van der Waals surface area contributed by atoms with Crippen molar-refractivity contribution in [1.29, 1.82) is 0 Å². The van der Waals surface area contributed by atoms with Gasteiger partial charge in [-0.2, -0.15) is 0 Å². The monoisotopic (exact) mass is 254 g/mol. The second kappa shape index (κ2) is 6.02. The molecule has 2 bridgehead atoms. The van der Waals surface area contributed by atoms with Gasteiger partial charge in [-0.3, -0.25) is 4.79 Å². The molecule has 4 nitrogen and oxygen atoms in total. The summed E-state index contributed by atoms with van der Waals surface area (Å²) < 4.78 is 4.87. The van der Waals surface area contributed by atoms with E-state index in [9.17, 15) is 4.79 Å². The van der Waals surface area contributed by atoms with Crippen molar-refractivity contribution in [2.75, 3.05) is 20.2 Å². The second-order valence-electron chi connectivity index (χ2n) is 6.01. The maximum Gasteiger partial charge on any atom is 0.322 e. The number of fused-ring (bicyclic) bond motifs is 2. The molecule has 18 heavy (non-hydrogen) atoms. The number of likely N-dealkylation sites (tertiary alicyclic amines) is 1. The molecule has 2 aliphatic rings. The van der Waals surface area contributed by atoms with Gasteiger partial charge in [0.25, 0.3) is 0 Å². The number of piperidine rings is 1. The lowest BCUT2D eigenvalue weighted by Gasteiger charge is -2.28. The third kappa shape index (κ3) is 3.23. The molecule has 0 aromatic rings. The number of hydrogen-bond acceptors (Lipinski definition) is 4. The minimum Gasteiger partial charge on any atom is -0.468 e. The Morgan fingerprint density at radius 3 is 2.72 bits per heavy atom. The zero-order chi connectivity index (χ0) is 13.1. The molecule has 0 spiro atoms. The number of nitrogens with zero attached hydrogens (tertiary/aromatic N) is 1. The van der Waals surface area contributed by atoms with E-state index in [2.05, 4.69) is 24.1 Å². The van der Waals surface area contributed by atoms with Gasteiger partial charge >= 0.3 is 5.97 Å². The van der Waals surface area contributed by atoms with Crippen molar-refractivity contribution < 1.29 is 9.53 Å². The van der Waals surface area contributed by atoms with E-state index >= 15 is 0 Å². The van der Waals surface area contributed by atoms with Crippen molar-refractivity contribution >= 4 is 5.97 Å². The first-order valence-corrected chi connectivity index (χ1v) is 7.18. The molecular formula is C14H26N2O2. The van der Waals surface area contributed by atoms with Crippen LogP contribution in [-0.4, -0.2) is 49.2 Å². The summed E-state index contributed by atoms with van der Waals surface area (Å²) in [5.41, 5.74) is 0. The number of rotatable bonds is 6. The number of nitrogens with one attached hydrogen (secondary N) is 1. The van der Waals surface area contributed by atoms with E-state index in [1.54, 1.807) is 0 Å². The maximum atomic E-state index is 11.7. The van der Waals surface area contributed by atoms with Crippen LogP contribution in [0.4, 0.5) is 0 Å². The fourth-order valence-corrected chi connectivity index (χ4v) is 3.41. The van der Waals surface area contributed by atoms with Crippen molar-refractivity contribution in [3.05, 3.63) is 0 Å². The number of methoxy groups -OCH3 is 1. The third-order valence-electron chi connectivity index (χ3n) is 4.25. The average Bonchev–Trinajstić information content (AvgIpc) is 2.95. The number of hydrogen-bond donors (Lipinski definition) is 1. The van der Waals surface area contributed by atoms with Gasteiger partial charge in [0.2, 0.25) is 0 Å². The van der Waals surface area contributed by atoms with Gasteiger partial charge in [0.15, 0.2) is 0 Å². The highest BCUT2D eigenvalue weighted by Crippen LogP contribution is 2.37. The van der Waals surface area contributed by atoms with Crippen molar-refractivity contribution in [3.8, 4) is 0 Å². The van der Waals surface area contributed by atoms with Gasteiger partial charge in [-0.25, -0.2) is 0 Å². The van der Waals surface area contributed by atoms with Crippen LogP contribution in [0.25, 0.3) is 0 Å². The molecule has 4 heteroatoms. The van der Waals surface area contributed by atoms with Crippen molar-refractivity contribution in [1.82, 2.24) is 10.2 Å². The quantitative estimate of drug-likeness (QED) is 0.728. The SMILES string of the molecule is COC(=O)C(CCN1CC2CCC1C2)NC(C)C. The topological polar surface area (TPSA) is 41.6 Å². The maximum absolute atomic E-state index is 11.7. The summed E-state index contributed by atoms with van der Waals surface area (Å²) in [6.45, 7) is 6.38. The molecule has 2 rings (SSSR count). The molecule has 1 heterocycles. The number of ether oxygens (including phenoxy) is 1. The minimum atomic E-state index is -0.158. The summed E-state index contributed by atoms with van der Waals surface area (Å²) >= 11 is 0. The molecule has 2 fully saturated rings. The molecule has 1 N–H and O–H groups in total. The summed E-state index contributed by atoms with van der Waals surface area (Å²) in [7, 11) is 1.47. The van der Waals surface area contributed by atoms with Crippen LogP contribution in [0.1, 0.15) is 39.5 Å². The molecule has 3 atom stereocenters. The summed E-state index contributed by atoms with van der Waals surface area (Å²) in [4.78, 5) is 14.3. The fourth-order valence-electron chi connectivity index (χ4n) is 3.41. The molecule has 1 saturated heterocycles. The average molecular weight is 254 g/mol. The molecule has 1 aliphatic carbocycles. The molecule has 3 unspecified atom stereocenters. The van der Waals surface area contributed by atoms with Crippen molar-refractivity contribution in [2.24, 2.45) is 5.92 Å². The molecule has 0 radical (unpaired) electrons. The van der Waals surface area contributed by atoms with Crippen LogP contribution in [0.15, 0.2) is 0 Å². The van der Waals surface area contributed by atoms with Gasteiger partial charge in [0, 0.05) is 25.2 Å². The van der Waals surface area contributed by atoms with E-state index in [1.807, 2.05) is 0 Å². The van der Waals surface area contributed by atoms with Crippen LogP contribution >= 0.6 is 0 Å². The summed E-state index contributed by atoms with van der Waals surface area (Å²) in [5.74, 6) is 0.790. The number of carbonyl (C=O) groups excluding carboxylic acids is 1. The Kier molecular flexibility index (Phi) is 4.62. The Bertz CT molecular complexity index is 294. The lowest BCUT2D eigenvalue weighted by molar-refractivity contribution is -0.143. The third-order valence-corrected chi connectivity index (χ3v) is 4.25. The van der Waals surface area contributed by atoms with Crippen LogP contribution in [0.2, 0.25) is 0 Å². The predicted molar refractivity (Wildman–Crippen MR) is 71.4 cm³/mol. The fraction of sp³-hybridized carbons (Fsp3) is 0.929. The molecule has 0 aromatic heterocycles. The van der Waals surface area contributed by atoms with Crippen molar-refractivity contribution in [3.63, 3.8) is 0 Å². The predicted octanol–water partition coefficient (Wildman–Crippen LogP) is 1.40. The zero-order valence-electron chi connectivity index (χ0n) is 11.8. The minimum absolute atomic E-state index is 0.131. The van der Waals surface area contributed by atoms with E-state index in [0.717, 1.165) is 24.9 Å². The Morgan fingerprint density at radius 2 is 2.22 bits per heavy atom. The van der Waals surface area contributed by atoms with Gasteiger partial charge in [-0.15, -0.1) is 0 Å². The van der Waals surface area contributed by atoms with Gasteiger partial charge in [0.05, 0.1) is 7.11 Å². The molecular weight excluding hydrogens is 228 g/mol. The Morgan fingerprint density at radius 1 is 1.44 bits per heavy atom. The Balaban J connectivity index is 1.80. The highest BCUT2D eigenvalue weighted by Gasteiger charge is 2.37. The molecule has 1 saturated carbocycles. The molecule has 0 amide bonds. The molecule has 104 valence electrons. The van der Waals surface area contributed by atoms with Gasteiger partial charge in [-0.05, 0) is 31.6 Å². The molecule has 1 aliphatic heterocycles. The van der Waals surface area contributed by atoms with Gasteiger partial charge in [-0.1, -0.05) is 13.8 Å². The smallest absolute Gasteiger partial charge is 0.322 e. The van der Waals surface area contributed by atoms with E-state index in [4.69, 9.17) is 4.74 Å². The summed E-state index contributed by atoms with van der Waals surface area (Å²) in [5, 5.41) is 3.30.